The summed E-state index contributed by atoms with van der Waals surface area (Å²) in [5, 5.41) is 15.8. The monoisotopic (exact) mass is 472 g/mol. The van der Waals surface area contributed by atoms with Crippen molar-refractivity contribution in [1.29, 1.82) is 0 Å². The Balaban J connectivity index is 1.79. The van der Waals surface area contributed by atoms with E-state index in [1.807, 2.05) is 0 Å². The largest absolute Gasteiger partial charge is 0.477 e. The third-order valence-electron chi connectivity index (χ3n) is 4.35. The van der Waals surface area contributed by atoms with Gasteiger partial charge >= 0.3 is 11.9 Å². The van der Waals surface area contributed by atoms with Crippen LogP contribution in [0.2, 0.25) is 0 Å². The first-order valence-electron chi connectivity index (χ1n) is 8.16. The first-order valence-corrected chi connectivity index (χ1v) is 10.0. The molecule has 1 aromatic rings. The minimum absolute atomic E-state index is 0.196. The second-order valence-electron chi connectivity index (χ2n) is 6.27. The standard InChI is InChI=1S/C16H17BrN4O6S/c1-6-9(17)12(20(3)19-6)13(23)18-10-14(24)21-11(16(25)26)8(4-27-7(2)22)5-28-15(10)21/h10,15H,4-5H2,1-3H3,(H,18,23)(H,25,26)/t10-,15-/m0/s1. The van der Waals surface area contributed by atoms with Crippen LogP contribution in [0.15, 0.2) is 15.7 Å². The fourth-order valence-corrected chi connectivity index (χ4v) is 4.91. The topological polar surface area (TPSA) is 131 Å². The Morgan fingerprint density at radius 1 is 1.43 bits per heavy atom. The highest BCUT2D eigenvalue weighted by Crippen LogP contribution is 2.40. The van der Waals surface area contributed by atoms with Crippen LogP contribution >= 0.6 is 27.7 Å². The lowest BCUT2D eigenvalue weighted by atomic mass is 10.0. The number of hydrogen-bond donors (Lipinski definition) is 2. The van der Waals surface area contributed by atoms with E-state index in [4.69, 9.17) is 4.74 Å². The van der Waals surface area contributed by atoms with Gasteiger partial charge in [0.05, 0.1) is 10.2 Å². The summed E-state index contributed by atoms with van der Waals surface area (Å²) in [6.45, 7) is 2.76. The number of halogens is 1. The van der Waals surface area contributed by atoms with Crippen molar-refractivity contribution in [2.45, 2.75) is 25.3 Å². The Bertz CT molecular complexity index is 926. The van der Waals surface area contributed by atoms with E-state index < -0.39 is 35.2 Å². The quantitative estimate of drug-likeness (QED) is 0.465. The van der Waals surface area contributed by atoms with Crippen LogP contribution < -0.4 is 5.32 Å². The summed E-state index contributed by atoms with van der Waals surface area (Å²) in [5.41, 5.74) is 1.05. The minimum atomic E-state index is -1.28. The number of nitrogens with zero attached hydrogens (tertiary/aromatic N) is 3. The van der Waals surface area contributed by atoms with Crippen LogP contribution in [0, 0.1) is 6.92 Å². The lowest BCUT2D eigenvalue weighted by Crippen LogP contribution is -2.70. The van der Waals surface area contributed by atoms with Crippen LogP contribution in [0.4, 0.5) is 0 Å². The highest BCUT2D eigenvalue weighted by Gasteiger charge is 2.54. The Morgan fingerprint density at radius 2 is 2.11 bits per heavy atom. The zero-order valence-corrected chi connectivity index (χ0v) is 17.6. The van der Waals surface area contributed by atoms with E-state index in [0.29, 0.717) is 15.7 Å². The smallest absolute Gasteiger partial charge is 0.352 e. The van der Waals surface area contributed by atoms with E-state index in [-0.39, 0.29) is 23.8 Å². The average molecular weight is 473 g/mol. The molecule has 3 heterocycles. The number of amides is 2. The molecular formula is C16H17BrN4O6S. The Hall–Kier alpha value is -2.34. The van der Waals surface area contributed by atoms with Crippen LogP contribution in [0.1, 0.15) is 23.1 Å². The van der Waals surface area contributed by atoms with Gasteiger partial charge in [0.25, 0.3) is 11.8 Å². The number of aromatic nitrogens is 2. The van der Waals surface area contributed by atoms with Crippen molar-refractivity contribution in [1.82, 2.24) is 20.0 Å². The van der Waals surface area contributed by atoms with Gasteiger partial charge < -0.3 is 15.2 Å². The number of fused-ring (bicyclic) bond motifs is 1. The van der Waals surface area contributed by atoms with E-state index in [2.05, 4.69) is 26.3 Å². The fourth-order valence-electron chi connectivity index (χ4n) is 3.07. The average Bonchev–Trinajstić information content (AvgIpc) is 2.88. The maximum atomic E-state index is 12.6. The van der Waals surface area contributed by atoms with Crippen molar-refractivity contribution >= 4 is 51.4 Å². The molecule has 3 rings (SSSR count). The molecule has 1 saturated heterocycles. The van der Waals surface area contributed by atoms with E-state index >= 15 is 0 Å². The molecule has 0 spiro atoms. The van der Waals surface area contributed by atoms with Gasteiger partial charge in [0.15, 0.2) is 0 Å². The maximum absolute atomic E-state index is 12.6. The highest BCUT2D eigenvalue weighted by atomic mass is 79.9. The number of hydrogen-bond acceptors (Lipinski definition) is 7. The first kappa shape index (κ1) is 20.4. The van der Waals surface area contributed by atoms with Gasteiger partial charge in [0, 0.05) is 25.3 Å². The lowest BCUT2D eigenvalue weighted by molar-refractivity contribution is -0.149. The SMILES string of the molecule is CC(=O)OCC1=C(C(=O)O)N2C(=O)[C@H](NC(=O)c3c(Br)c(C)nn3C)[C@@H]2SC1. The van der Waals surface area contributed by atoms with Crippen molar-refractivity contribution in [2.75, 3.05) is 12.4 Å². The van der Waals surface area contributed by atoms with Crippen molar-refractivity contribution < 1.29 is 29.0 Å². The Morgan fingerprint density at radius 3 is 2.64 bits per heavy atom. The highest BCUT2D eigenvalue weighted by molar-refractivity contribution is 9.10. The van der Waals surface area contributed by atoms with Crippen molar-refractivity contribution in [3.63, 3.8) is 0 Å². The number of thioether (sulfide) groups is 1. The molecule has 10 nitrogen and oxygen atoms in total. The molecule has 1 aromatic heterocycles. The zero-order chi connectivity index (χ0) is 20.7. The van der Waals surface area contributed by atoms with Gasteiger partial charge in [-0.15, -0.1) is 11.8 Å². The zero-order valence-electron chi connectivity index (χ0n) is 15.2. The number of carboxylic acids is 1. The molecule has 0 bridgehead atoms. The van der Waals surface area contributed by atoms with Gasteiger partial charge in [-0.1, -0.05) is 0 Å². The third-order valence-corrected chi connectivity index (χ3v) is 6.64. The van der Waals surface area contributed by atoms with Crippen molar-refractivity contribution in [3.05, 3.63) is 27.1 Å². The number of carboxylic acid groups (broad SMARTS) is 1. The van der Waals surface area contributed by atoms with Crippen molar-refractivity contribution in [3.8, 4) is 0 Å². The molecular weight excluding hydrogens is 456 g/mol. The van der Waals surface area contributed by atoms with Crippen LogP contribution in [0.25, 0.3) is 0 Å². The number of aryl methyl sites for hydroxylation is 2. The molecule has 1 fully saturated rings. The van der Waals surface area contributed by atoms with Gasteiger partial charge in [0.2, 0.25) is 0 Å². The number of aliphatic carboxylic acids is 1. The Labute approximate surface area is 172 Å². The van der Waals surface area contributed by atoms with Crippen LogP contribution in [0.3, 0.4) is 0 Å². The summed E-state index contributed by atoms with van der Waals surface area (Å²) < 4.78 is 6.82. The van der Waals surface area contributed by atoms with Gasteiger partial charge in [0.1, 0.15) is 29.4 Å². The summed E-state index contributed by atoms with van der Waals surface area (Å²) in [6, 6.07) is -0.857. The molecule has 0 aromatic carbocycles. The van der Waals surface area contributed by atoms with Gasteiger partial charge in [-0.05, 0) is 22.9 Å². The molecule has 150 valence electrons. The number of esters is 1. The molecule has 2 aliphatic rings. The van der Waals surface area contributed by atoms with E-state index in [1.54, 1.807) is 14.0 Å². The maximum Gasteiger partial charge on any atom is 0.352 e. The number of carbonyl (C=O) groups is 4. The summed E-state index contributed by atoms with van der Waals surface area (Å²) in [5.74, 6) is -2.57. The van der Waals surface area contributed by atoms with Gasteiger partial charge in [-0.25, -0.2) is 4.79 Å². The van der Waals surface area contributed by atoms with E-state index in [0.717, 1.165) is 4.90 Å². The fraction of sp³-hybridized carbons (Fsp3) is 0.438. The molecule has 2 atom stereocenters. The molecule has 2 aliphatic heterocycles. The molecule has 12 heteroatoms. The summed E-state index contributed by atoms with van der Waals surface area (Å²) >= 11 is 4.61. The molecule has 28 heavy (non-hydrogen) atoms. The summed E-state index contributed by atoms with van der Waals surface area (Å²) in [6.07, 6.45) is 0. The predicted molar refractivity (Wildman–Crippen MR) is 101 cm³/mol. The lowest BCUT2D eigenvalue weighted by Gasteiger charge is -2.49. The van der Waals surface area contributed by atoms with Gasteiger partial charge in [-0.3, -0.25) is 24.0 Å². The molecule has 0 aliphatic carbocycles. The van der Waals surface area contributed by atoms with E-state index in [9.17, 15) is 24.3 Å². The molecule has 0 radical (unpaired) electrons. The molecule has 0 saturated carbocycles. The number of nitrogens with one attached hydrogen (secondary N) is 1. The molecule has 2 N–H and O–H groups in total. The summed E-state index contributed by atoms with van der Waals surface area (Å²) in [4.78, 5) is 49.0. The molecule has 2 amide bonds. The second-order valence-corrected chi connectivity index (χ2v) is 8.17. The first-order chi connectivity index (χ1) is 13.1. The van der Waals surface area contributed by atoms with Crippen LogP contribution in [-0.2, 0) is 26.2 Å². The van der Waals surface area contributed by atoms with Crippen LogP contribution in [-0.4, -0.2) is 67.3 Å². The number of β-lactam (4-membered cyclic amide) rings is 1. The van der Waals surface area contributed by atoms with Crippen LogP contribution in [0.5, 0.6) is 0 Å². The number of ether oxygens (including phenoxy) is 1. The Kier molecular flexibility index (Phi) is 5.53. The molecule has 0 unspecified atom stereocenters. The normalized spacial score (nSPS) is 21.1. The number of rotatable bonds is 5. The second kappa shape index (κ2) is 7.59. The third kappa shape index (κ3) is 3.41. The van der Waals surface area contributed by atoms with E-state index in [1.165, 1.54) is 23.4 Å². The van der Waals surface area contributed by atoms with Gasteiger partial charge in [-0.2, -0.15) is 5.10 Å². The predicted octanol–water partition coefficient (Wildman–Crippen LogP) is 0.406. The number of carbonyl (C=O) groups excluding carboxylic acids is 3. The minimum Gasteiger partial charge on any atom is -0.477 e. The summed E-state index contributed by atoms with van der Waals surface area (Å²) in [7, 11) is 1.61. The van der Waals surface area contributed by atoms with Crippen molar-refractivity contribution in [2.24, 2.45) is 7.05 Å².